The Morgan fingerprint density at radius 2 is 1.69 bits per heavy atom. The number of benzene rings is 1. The molecule has 0 aliphatic rings. The van der Waals surface area contributed by atoms with E-state index >= 15 is 0 Å². The van der Waals surface area contributed by atoms with Crippen molar-refractivity contribution in [3.8, 4) is 0 Å². The average molecular weight is 220 g/mol. The lowest BCUT2D eigenvalue weighted by Gasteiger charge is -2.16. The van der Waals surface area contributed by atoms with Crippen molar-refractivity contribution in [2.75, 3.05) is 26.2 Å². The standard InChI is InChI=1S/C14H24N2/c1-3-13(12-16-11-10-15-4-2)14-8-6-5-7-9-14/h5-9,13,15-16H,3-4,10-12H2,1-2H3. The molecule has 0 amide bonds. The number of nitrogens with one attached hydrogen (secondary N) is 2. The van der Waals surface area contributed by atoms with Gasteiger partial charge < -0.3 is 10.6 Å². The minimum atomic E-state index is 0.642. The van der Waals surface area contributed by atoms with Crippen LogP contribution in [0.2, 0.25) is 0 Å². The Kier molecular flexibility index (Phi) is 6.86. The molecule has 0 fully saturated rings. The molecule has 90 valence electrons. The smallest absolute Gasteiger partial charge is 0.00769 e. The van der Waals surface area contributed by atoms with E-state index in [-0.39, 0.29) is 0 Å². The molecule has 0 saturated carbocycles. The van der Waals surface area contributed by atoms with E-state index in [1.54, 1.807) is 0 Å². The van der Waals surface area contributed by atoms with Gasteiger partial charge in [0.25, 0.3) is 0 Å². The van der Waals surface area contributed by atoms with Gasteiger partial charge in [-0.2, -0.15) is 0 Å². The Morgan fingerprint density at radius 3 is 2.31 bits per heavy atom. The van der Waals surface area contributed by atoms with Gasteiger partial charge in [-0.25, -0.2) is 0 Å². The third-order valence-electron chi connectivity index (χ3n) is 2.88. The number of rotatable bonds is 8. The molecule has 0 aliphatic carbocycles. The third-order valence-corrected chi connectivity index (χ3v) is 2.88. The number of likely N-dealkylation sites (N-methyl/N-ethyl adjacent to an activating group) is 1. The zero-order chi connectivity index (χ0) is 11.6. The van der Waals surface area contributed by atoms with Gasteiger partial charge in [0.05, 0.1) is 0 Å². The molecule has 0 saturated heterocycles. The van der Waals surface area contributed by atoms with Gasteiger partial charge in [-0.15, -0.1) is 0 Å². The van der Waals surface area contributed by atoms with Crippen LogP contribution in [0.5, 0.6) is 0 Å². The molecule has 1 rings (SSSR count). The predicted octanol–water partition coefficient (Wildman–Crippen LogP) is 2.38. The fourth-order valence-corrected chi connectivity index (χ4v) is 1.85. The molecule has 1 atom stereocenters. The molecule has 1 unspecified atom stereocenters. The summed E-state index contributed by atoms with van der Waals surface area (Å²) in [4.78, 5) is 0. The predicted molar refractivity (Wildman–Crippen MR) is 70.9 cm³/mol. The largest absolute Gasteiger partial charge is 0.316 e. The summed E-state index contributed by atoms with van der Waals surface area (Å²) in [6.07, 6.45) is 1.19. The highest BCUT2D eigenvalue weighted by molar-refractivity contribution is 5.19. The molecule has 1 aromatic carbocycles. The summed E-state index contributed by atoms with van der Waals surface area (Å²) in [5.74, 6) is 0.642. The summed E-state index contributed by atoms with van der Waals surface area (Å²) in [5.41, 5.74) is 1.45. The first-order valence-electron chi connectivity index (χ1n) is 6.34. The first-order chi connectivity index (χ1) is 7.88. The Labute approximate surface area is 99.5 Å². The average Bonchev–Trinajstić information content (AvgIpc) is 2.35. The maximum Gasteiger partial charge on any atom is 0.00769 e. The summed E-state index contributed by atoms with van der Waals surface area (Å²) in [5, 5.41) is 6.82. The molecular formula is C14H24N2. The van der Waals surface area contributed by atoms with Crippen LogP contribution < -0.4 is 10.6 Å². The Bertz CT molecular complexity index is 259. The molecule has 0 radical (unpaired) electrons. The molecule has 0 spiro atoms. The maximum atomic E-state index is 3.51. The van der Waals surface area contributed by atoms with Crippen molar-refractivity contribution in [3.05, 3.63) is 35.9 Å². The van der Waals surface area contributed by atoms with Crippen molar-refractivity contribution in [1.82, 2.24) is 10.6 Å². The van der Waals surface area contributed by atoms with Gasteiger partial charge in [-0.3, -0.25) is 0 Å². The minimum absolute atomic E-state index is 0.642. The van der Waals surface area contributed by atoms with Crippen LogP contribution >= 0.6 is 0 Å². The molecule has 1 aromatic rings. The molecule has 0 aliphatic heterocycles. The summed E-state index contributed by atoms with van der Waals surface area (Å²) in [6.45, 7) is 8.63. The van der Waals surface area contributed by atoms with E-state index in [0.29, 0.717) is 5.92 Å². The zero-order valence-electron chi connectivity index (χ0n) is 10.5. The van der Waals surface area contributed by atoms with Crippen LogP contribution in [-0.4, -0.2) is 26.2 Å². The first kappa shape index (κ1) is 13.2. The lowest BCUT2D eigenvalue weighted by molar-refractivity contribution is 0.554. The van der Waals surface area contributed by atoms with Crippen LogP contribution in [0.3, 0.4) is 0 Å². The minimum Gasteiger partial charge on any atom is -0.316 e. The molecule has 2 N–H and O–H groups in total. The molecular weight excluding hydrogens is 196 g/mol. The summed E-state index contributed by atoms with van der Waals surface area (Å²) in [6, 6.07) is 10.8. The van der Waals surface area contributed by atoms with E-state index in [9.17, 15) is 0 Å². The fraction of sp³-hybridized carbons (Fsp3) is 0.571. The van der Waals surface area contributed by atoms with Crippen LogP contribution in [-0.2, 0) is 0 Å². The SMILES string of the molecule is CCNCCNCC(CC)c1ccccc1. The van der Waals surface area contributed by atoms with Gasteiger partial charge in [0, 0.05) is 19.6 Å². The zero-order valence-corrected chi connectivity index (χ0v) is 10.5. The van der Waals surface area contributed by atoms with Crippen molar-refractivity contribution in [3.63, 3.8) is 0 Å². The van der Waals surface area contributed by atoms with Crippen molar-refractivity contribution in [1.29, 1.82) is 0 Å². The Hall–Kier alpha value is -0.860. The van der Waals surface area contributed by atoms with Crippen LogP contribution in [0, 0.1) is 0 Å². The Morgan fingerprint density at radius 1 is 1.00 bits per heavy atom. The molecule has 2 nitrogen and oxygen atoms in total. The molecule has 0 bridgehead atoms. The second-order valence-electron chi connectivity index (χ2n) is 4.07. The summed E-state index contributed by atoms with van der Waals surface area (Å²) >= 11 is 0. The lowest BCUT2D eigenvalue weighted by atomic mass is 9.96. The highest BCUT2D eigenvalue weighted by Gasteiger charge is 2.07. The fourth-order valence-electron chi connectivity index (χ4n) is 1.85. The quantitative estimate of drug-likeness (QED) is 0.657. The molecule has 2 heteroatoms. The van der Waals surface area contributed by atoms with E-state index < -0.39 is 0 Å². The van der Waals surface area contributed by atoms with Crippen molar-refractivity contribution in [2.24, 2.45) is 0 Å². The topological polar surface area (TPSA) is 24.1 Å². The van der Waals surface area contributed by atoms with Crippen molar-refractivity contribution < 1.29 is 0 Å². The summed E-state index contributed by atoms with van der Waals surface area (Å²) in [7, 11) is 0. The van der Waals surface area contributed by atoms with E-state index in [1.165, 1.54) is 12.0 Å². The van der Waals surface area contributed by atoms with Gasteiger partial charge in [-0.05, 0) is 24.4 Å². The Balaban J connectivity index is 2.27. The van der Waals surface area contributed by atoms with Crippen LogP contribution in [0.15, 0.2) is 30.3 Å². The number of hydrogen-bond donors (Lipinski definition) is 2. The highest BCUT2D eigenvalue weighted by Crippen LogP contribution is 2.17. The summed E-state index contributed by atoms with van der Waals surface area (Å²) < 4.78 is 0. The van der Waals surface area contributed by atoms with Crippen molar-refractivity contribution in [2.45, 2.75) is 26.2 Å². The van der Waals surface area contributed by atoms with Gasteiger partial charge in [0.1, 0.15) is 0 Å². The monoisotopic (exact) mass is 220 g/mol. The normalized spacial score (nSPS) is 12.6. The van der Waals surface area contributed by atoms with E-state index in [1.807, 2.05) is 0 Å². The second-order valence-corrected chi connectivity index (χ2v) is 4.07. The first-order valence-corrected chi connectivity index (χ1v) is 6.34. The van der Waals surface area contributed by atoms with E-state index in [4.69, 9.17) is 0 Å². The van der Waals surface area contributed by atoms with Gasteiger partial charge in [0.2, 0.25) is 0 Å². The van der Waals surface area contributed by atoms with Gasteiger partial charge in [0.15, 0.2) is 0 Å². The van der Waals surface area contributed by atoms with Crippen LogP contribution in [0.25, 0.3) is 0 Å². The van der Waals surface area contributed by atoms with Gasteiger partial charge in [-0.1, -0.05) is 44.2 Å². The van der Waals surface area contributed by atoms with Crippen LogP contribution in [0.4, 0.5) is 0 Å². The van der Waals surface area contributed by atoms with E-state index in [0.717, 1.165) is 26.2 Å². The lowest BCUT2D eigenvalue weighted by Crippen LogP contribution is -2.30. The molecule has 0 heterocycles. The number of hydrogen-bond acceptors (Lipinski definition) is 2. The van der Waals surface area contributed by atoms with Gasteiger partial charge >= 0.3 is 0 Å². The highest BCUT2D eigenvalue weighted by atomic mass is 14.9. The third kappa shape index (κ3) is 4.77. The second kappa shape index (κ2) is 8.31. The van der Waals surface area contributed by atoms with E-state index in [2.05, 4.69) is 54.8 Å². The molecule has 0 aromatic heterocycles. The maximum absolute atomic E-state index is 3.51. The molecule has 16 heavy (non-hydrogen) atoms. The van der Waals surface area contributed by atoms with Crippen LogP contribution in [0.1, 0.15) is 31.7 Å². The van der Waals surface area contributed by atoms with Crippen molar-refractivity contribution >= 4 is 0 Å².